The molecule has 154 valence electrons. The SMILES string of the molecule is CCCOc1ccc(CCC(=O)Nc2ccc(C(=O)NC(C)C(=O)O)cc2)cc1. The van der Waals surface area contributed by atoms with Gasteiger partial charge in [0.15, 0.2) is 0 Å². The summed E-state index contributed by atoms with van der Waals surface area (Å²) in [6.07, 6.45) is 1.88. The van der Waals surface area contributed by atoms with E-state index < -0.39 is 17.9 Å². The number of benzene rings is 2. The van der Waals surface area contributed by atoms with Crippen molar-refractivity contribution in [2.45, 2.75) is 39.2 Å². The lowest BCUT2D eigenvalue weighted by atomic mass is 10.1. The summed E-state index contributed by atoms with van der Waals surface area (Å²) in [7, 11) is 0. The van der Waals surface area contributed by atoms with Crippen LogP contribution in [0.3, 0.4) is 0 Å². The van der Waals surface area contributed by atoms with Crippen LogP contribution in [-0.4, -0.2) is 35.5 Å². The normalized spacial score (nSPS) is 11.4. The Balaban J connectivity index is 1.81. The fraction of sp³-hybridized carbons (Fsp3) is 0.318. The minimum atomic E-state index is -1.11. The topological polar surface area (TPSA) is 105 Å². The summed E-state index contributed by atoms with van der Waals surface area (Å²) in [5.74, 6) is -0.899. The molecule has 1 unspecified atom stereocenters. The Morgan fingerprint density at radius 2 is 1.69 bits per heavy atom. The molecule has 7 nitrogen and oxygen atoms in total. The van der Waals surface area contributed by atoms with Gasteiger partial charge in [0.1, 0.15) is 11.8 Å². The zero-order valence-corrected chi connectivity index (χ0v) is 16.6. The van der Waals surface area contributed by atoms with Crippen LogP contribution in [0.15, 0.2) is 48.5 Å². The maximum atomic E-state index is 12.2. The van der Waals surface area contributed by atoms with Crippen LogP contribution in [0.25, 0.3) is 0 Å². The lowest BCUT2D eigenvalue weighted by Gasteiger charge is -2.10. The van der Waals surface area contributed by atoms with Crippen molar-refractivity contribution in [2.24, 2.45) is 0 Å². The van der Waals surface area contributed by atoms with Gasteiger partial charge < -0.3 is 20.5 Å². The summed E-state index contributed by atoms with van der Waals surface area (Å²) >= 11 is 0. The second-order valence-electron chi connectivity index (χ2n) is 6.65. The van der Waals surface area contributed by atoms with Gasteiger partial charge in [0.25, 0.3) is 5.91 Å². The molecule has 2 aromatic carbocycles. The quantitative estimate of drug-likeness (QED) is 0.570. The van der Waals surface area contributed by atoms with E-state index in [0.29, 0.717) is 30.7 Å². The van der Waals surface area contributed by atoms with E-state index in [9.17, 15) is 14.4 Å². The maximum Gasteiger partial charge on any atom is 0.325 e. The molecule has 0 aliphatic carbocycles. The molecule has 0 saturated carbocycles. The van der Waals surface area contributed by atoms with Gasteiger partial charge in [-0.3, -0.25) is 14.4 Å². The third-order valence-electron chi connectivity index (χ3n) is 4.19. The molecule has 2 amide bonds. The molecule has 1 atom stereocenters. The molecular formula is C22H26N2O5. The van der Waals surface area contributed by atoms with Crippen LogP contribution in [0.4, 0.5) is 5.69 Å². The van der Waals surface area contributed by atoms with Crippen LogP contribution in [0, 0.1) is 0 Å². The van der Waals surface area contributed by atoms with Gasteiger partial charge in [-0.2, -0.15) is 0 Å². The Morgan fingerprint density at radius 1 is 1.03 bits per heavy atom. The molecule has 0 aliphatic heterocycles. The summed E-state index contributed by atoms with van der Waals surface area (Å²) in [5, 5.41) is 14.0. The van der Waals surface area contributed by atoms with Gasteiger partial charge in [-0.25, -0.2) is 0 Å². The number of nitrogens with one attached hydrogen (secondary N) is 2. The van der Waals surface area contributed by atoms with E-state index in [1.165, 1.54) is 19.1 Å². The zero-order valence-electron chi connectivity index (χ0n) is 16.6. The Labute approximate surface area is 170 Å². The second-order valence-corrected chi connectivity index (χ2v) is 6.65. The largest absolute Gasteiger partial charge is 0.494 e. The van der Waals surface area contributed by atoms with E-state index in [2.05, 4.69) is 17.6 Å². The Hall–Kier alpha value is -3.35. The van der Waals surface area contributed by atoms with Gasteiger partial charge in [0, 0.05) is 17.7 Å². The minimum absolute atomic E-state index is 0.131. The molecule has 2 aromatic rings. The fourth-order valence-electron chi connectivity index (χ4n) is 2.50. The van der Waals surface area contributed by atoms with Crippen LogP contribution >= 0.6 is 0 Å². The Kier molecular flexibility index (Phi) is 8.21. The number of ether oxygens (including phenoxy) is 1. The number of rotatable bonds is 10. The van der Waals surface area contributed by atoms with Crippen molar-refractivity contribution in [3.8, 4) is 5.75 Å². The number of hydrogen-bond donors (Lipinski definition) is 3. The highest BCUT2D eigenvalue weighted by Gasteiger charge is 2.15. The summed E-state index contributed by atoms with van der Waals surface area (Å²) in [6, 6.07) is 13.0. The Morgan fingerprint density at radius 3 is 2.28 bits per heavy atom. The molecule has 0 bridgehead atoms. The molecule has 0 aromatic heterocycles. The van der Waals surface area contributed by atoms with Gasteiger partial charge >= 0.3 is 5.97 Å². The average Bonchev–Trinajstić information content (AvgIpc) is 2.71. The summed E-state index contributed by atoms with van der Waals surface area (Å²) in [6.45, 7) is 4.12. The lowest BCUT2D eigenvalue weighted by Crippen LogP contribution is -2.38. The molecule has 7 heteroatoms. The molecule has 0 radical (unpaired) electrons. The highest BCUT2D eigenvalue weighted by Crippen LogP contribution is 2.15. The number of hydrogen-bond acceptors (Lipinski definition) is 4. The van der Waals surface area contributed by atoms with Crippen LogP contribution < -0.4 is 15.4 Å². The van der Waals surface area contributed by atoms with Gasteiger partial charge in [-0.1, -0.05) is 19.1 Å². The summed E-state index contributed by atoms with van der Waals surface area (Å²) in [4.78, 5) is 34.9. The molecule has 0 saturated heterocycles. The predicted molar refractivity (Wildman–Crippen MR) is 110 cm³/mol. The fourth-order valence-corrected chi connectivity index (χ4v) is 2.50. The first kappa shape index (κ1) is 21.9. The number of carbonyl (C=O) groups is 3. The summed E-state index contributed by atoms with van der Waals surface area (Å²) in [5.41, 5.74) is 1.94. The molecule has 29 heavy (non-hydrogen) atoms. The van der Waals surface area contributed by atoms with Crippen molar-refractivity contribution in [3.05, 3.63) is 59.7 Å². The molecule has 0 aliphatic rings. The van der Waals surface area contributed by atoms with Crippen molar-refractivity contribution in [3.63, 3.8) is 0 Å². The van der Waals surface area contributed by atoms with Gasteiger partial charge in [-0.15, -0.1) is 0 Å². The van der Waals surface area contributed by atoms with Gasteiger partial charge in [-0.05, 0) is 61.7 Å². The van der Waals surface area contributed by atoms with Crippen molar-refractivity contribution >= 4 is 23.5 Å². The van der Waals surface area contributed by atoms with Crippen molar-refractivity contribution in [1.29, 1.82) is 0 Å². The lowest BCUT2D eigenvalue weighted by molar-refractivity contribution is -0.138. The van der Waals surface area contributed by atoms with Crippen molar-refractivity contribution in [1.82, 2.24) is 5.32 Å². The number of carboxylic acid groups (broad SMARTS) is 1. The third kappa shape index (κ3) is 7.29. The van der Waals surface area contributed by atoms with Crippen molar-refractivity contribution in [2.75, 3.05) is 11.9 Å². The molecule has 0 fully saturated rings. The van der Waals surface area contributed by atoms with E-state index in [1.807, 2.05) is 24.3 Å². The van der Waals surface area contributed by atoms with Crippen molar-refractivity contribution < 1.29 is 24.2 Å². The van der Waals surface area contributed by atoms with E-state index >= 15 is 0 Å². The van der Waals surface area contributed by atoms with Crippen LogP contribution in [-0.2, 0) is 16.0 Å². The van der Waals surface area contributed by atoms with E-state index in [1.54, 1.807) is 12.1 Å². The number of carboxylic acids is 1. The van der Waals surface area contributed by atoms with Gasteiger partial charge in [0.2, 0.25) is 5.91 Å². The number of amides is 2. The number of aliphatic carboxylic acids is 1. The van der Waals surface area contributed by atoms with E-state index in [4.69, 9.17) is 9.84 Å². The molecule has 3 N–H and O–H groups in total. The molecule has 2 rings (SSSR count). The third-order valence-corrected chi connectivity index (χ3v) is 4.19. The first-order valence-electron chi connectivity index (χ1n) is 9.54. The smallest absolute Gasteiger partial charge is 0.325 e. The molecular weight excluding hydrogens is 372 g/mol. The standard InChI is InChI=1S/C22H26N2O5/c1-3-14-29-19-11-4-16(5-12-19)6-13-20(25)24-18-9-7-17(8-10-18)21(26)23-15(2)22(27)28/h4-5,7-12,15H,3,6,13-14H2,1-2H3,(H,23,26)(H,24,25)(H,27,28). The first-order valence-corrected chi connectivity index (χ1v) is 9.54. The average molecular weight is 398 g/mol. The molecule has 0 heterocycles. The Bertz CT molecular complexity index is 831. The van der Waals surface area contributed by atoms with Crippen LogP contribution in [0.5, 0.6) is 5.75 Å². The van der Waals surface area contributed by atoms with E-state index in [0.717, 1.165) is 17.7 Å². The predicted octanol–water partition coefficient (Wildman–Crippen LogP) is 3.25. The minimum Gasteiger partial charge on any atom is -0.494 e. The number of carbonyl (C=O) groups excluding carboxylic acids is 2. The molecule has 0 spiro atoms. The zero-order chi connectivity index (χ0) is 21.2. The highest BCUT2D eigenvalue weighted by molar-refractivity contribution is 5.97. The monoisotopic (exact) mass is 398 g/mol. The highest BCUT2D eigenvalue weighted by atomic mass is 16.5. The number of aryl methyl sites for hydroxylation is 1. The summed E-state index contributed by atoms with van der Waals surface area (Å²) < 4.78 is 5.54. The van der Waals surface area contributed by atoms with Gasteiger partial charge in [0.05, 0.1) is 6.61 Å². The van der Waals surface area contributed by atoms with Crippen LogP contribution in [0.2, 0.25) is 0 Å². The maximum absolute atomic E-state index is 12.2. The second kappa shape index (κ2) is 10.8. The van der Waals surface area contributed by atoms with E-state index in [-0.39, 0.29) is 5.91 Å². The van der Waals surface area contributed by atoms with Crippen LogP contribution in [0.1, 0.15) is 42.6 Å². The number of anilines is 1. The first-order chi connectivity index (χ1) is 13.9.